The van der Waals surface area contributed by atoms with Crippen LogP contribution in [0.2, 0.25) is 0 Å². The van der Waals surface area contributed by atoms with Crippen molar-refractivity contribution >= 4 is 11.9 Å². The topological polar surface area (TPSA) is 112 Å². The Kier molecular flexibility index (Phi) is 9.24. The van der Waals surface area contributed by atoms with Gasteiger partial charge >= 0.3 is 5.97 Å². The molecule has 3 rings (SSSR count). The number of hydrogen-bond donors (Lipinski definition) is 1. The number of aromatic nitrogens is 4. The highest BCUT2D eigenvalue weighted by Crippen LogP contribution is 2.31. The number of carbonyl (C=O) groups is 2. The van der Waals surface area contributed by atoms with Gasteiger partial charge in [-0.05, 0) is 33.1 Å². The van der Waals surface area contributed by atoms with E-state index in [9.17, 15) is 9.59 Å². The van der Waals surface area contributed by atoms with Crippen molar-refractivity contribution < 1.29 is 18.8 Å². The molecule has 1 amide bonds. The van der Waals surface area contributed by atoms with E-state index in [1.165, 1.54) is 32.1 Å². The minimum atomic E-state index is -0.540. The first-order chi connectivity index (χ1) is 16.2. The van der Waals surface area contributed by atoms with Gasteiger partial charge in [-0.2, -0.15) is 4.98 Å². The van der Waals surface area contributed by atoms with Gasteiger partial charge in [-0.25, -0.2) is 4.98 Å². The van der Waals surface area contributed by atoms with E-state index < -0.39 is 5.60 Å². The highest BCUT2D eigenvalue weighted by Gasteiger charge is 2.26. The van der Waals surface area contributed by atoms with Gasteiger partial charge in [0.05, 0.1) is 31.4 Å². The van der Waals surface area contributed by atoms with Crippen molar-refractivity contribution in [2.75, 3.05) is 0 Å². The van der Waals surface area contributed by atoms with Crippen LogP contribution < -0.4 is 5.32 Å². The van der Waals surface area contributed by atoms with Crippen molar-refractivity contribution in [3.05, 3.63) is 29.9 Å². The van der Waals surface area contributed by atoms with Crippen molar-refractivity contribution in [1.82, 2.24) is 25.0 Å². The Hall–Kier alpha value is -2.71. The van der Waals surface area contributed by atoms with E-state index in [0.717, 1.165) is 25.2 Å². The van der Waals surface area contributed by atoms with Crippen LogP contribution in [0.1, 0.15) is 102 Å². The molecule has 9 nitrogen and oxygen atoms in total. The summed E-state index contributed by atoms with van der Waals surface area (Å²) in [6, 6.07) is 0. The maximum atomic E-state index is 12.5. The van der Waals surface area contributed by atoms with E-state index in [1.807, 2.05) is 27.8 Å². The molecular weight excluding hydrogens is 434 g/mol. The van der Waals surface area contributed by atoms with Crippen molar-refractivity contribution in [2.24, 2.45) is 13.0 Å². The molecule has 1 atom stereocenters. The molecule has 0 saturated heterocycles. The van der Waals surface area contributed by atoms with Gasteiger partial charge in [0.2, 0.25) is 11.8 Å². The number of ether oxygens (including phenoxy) is 1. The maximum Gasteiger partial charge on any atom is 0.307 e. The van der Waals surface area contributed by atoms with Crippen molar-refractivity contribution in [3.63, 3.8) is 0 Å². The summed E-state index contributed by atoms with van der Waals surface area (Å²) in [6.45, 7) is 5.75. The Balaban J connectivity index is 1.55. The molecule has 0 radical (unpaired) electrons. The zero-order valence-electron chi connectivity index (χ0n) is 21.0. The molecule has 2 aromatic heterocycles. The van der Waals surface area contributed by atoms with E-state index in [0.29, 0.717) is 17.4 Å². The molecule has 0 aromatic carbocycles. The first-order valence-electron chi connectivity index (χ1n) is 12.5. The summed E-state index contributed by atoms with van der Waals surface area (Å²) in [7, 11) is 1.86. The fourth-order valence-corrected chi connectivity index (χ4v) is 4.49. The molecule has 0 spiro atoms. The number of rotatable bonds is 11. The lowest BCUT2D eigenvalue weighted by atomic mass is 9.84. The molecule has 0 bridgehead atoms. The lowest BCUT2D eigenvalue weighted by Crippen LogP contribution is -2.25. The minimum Gasteiger partial charge on any atom is -0.460 e. The molecule has 2 aromatic rings. The van der Waals surface area contributed by atoms with Crippen LogP contribution in [-0.2, 0) is 34.3 Å². The molecule has 1 aliphatic carbocycles. The largest absolute Gasteiger partial charge is 0.460 e. The van der Waals surface area contributed by atoms with Crippen molar-refractivity contribution in [2.45, 2.75) is 103 Å². The number of aryl methyl sites for hydroxylation is 1. The maximum absolute atomic E-state index is 12.5. The lowest BCUT2D eigenvalue weighted by molar-refractivity contribution is -0.155. The monoisotopic (exact) mass is 473 g/mol. The summed E-state index contributed by atoms with van der Waals surface area (Å²) >= 11 is 0. The van der Waals surface area contributed by atoms with Crippen molar-refractivity contribution in [1.29, 1.82) is 0 Å². The second kappa shape index (κ2) is 12.1. The molecule has 9 heteroatoms. The van der Waals surface area contributed by atoms with E-state index in [-0.39, 0.29) is 37.2 Å². The first kappa shape index (κ1) is 25.9. The van der Waals surface area contributed by atoms with E-state index in [2.05, 4.69) is 20.4 Å². The summed E-state index contributed by atoms with van der Waals surface area (Å²) in [5.74, 6) is 0.989. The molecule has 34 heavy (non-hydrogen) atoms. The third-order valence-electron chi connectivity index (χ3n) is 6.10. The molecule has 1 fully saturated rings. The third-order valence-corrected chi connectivity index (χ3v) is 6.10. The highest BCUT2D eigenvalue weighted by molar-refractivity contribution is 5.77. The van der Waals surface area contributed by atoms with Crippen LogP contribution in [0.4, 0.5) is 0 Å². The Labute approximate surface area is 202 Å². The average molecular weight is 474 g/mol. The quantitative estimate of drug-likeness (QED) is 0.486. The van der Waals surface area contributed by atoms with Crippen LogP contribution in [0.15, 0.2) is 17.0 Å². The predicted octanol–water partition coefficient (Wildman–Crippen LogP) is 4.23. The van der Waals surface area contributed by atoms with Crippen LogP contribution in [0.25, 0.3) is 0 Å². The van der Waals surface area contributed by atoms with Crippen LogP contribution in [0.5, 0.6) is 0 Å². The predicted molar refractivity (Wildman–Crippen MR) is 127 cm³/mol. The number of amides is 1. The molecule has 0 aliphatic heterocycles. The number of carbonyl (C=O) groups excluding carboxylic acids is 2. The fourth-order valence-electron chi connectivity index (χ4n) is 4.49. The highest BCUT2D eigenvalue weighted by atomic mass is 16.6. The minimum absolute atomic E-state index is 0.163. The molecule has 1 N–H and O–H groups in total. The van der Waals surface area contributed by atoms with Crippen LogP contribution in [0.3, 0.4) is 0 Å². The van der Waals surface area contributed by atoms with Crippen LogP contribution in [0, 0.1) is 5.92 Å². The number of nitrogens with zero attached hydrogens (tertiary/aromatic N) is 4. The number of hydrogen-bond acceptors (Lipinski definition) is 7. The standard InChI is InChI=1S/C25H39N5O4/c1-25(2,3)33-23(32)13-19(12-8-11-18-9-6-5-7-10-18)24-28-21(29-34-24)15-26-22(31)14-20-16-30(4)17-27-20/h16-19H,5-15H2,1-4H3,(H,26,31)/t19-/m1/s1. The zero-order chi connectivity index (χ0) is 24.6. The van der Waals surface area contributed by atoms with Gasteiger partial charge in [-0.3, -0.25) is 9.59 Å². The van der Waals surface area contributed by atoms with Gasteiger partial charge in [0.1, 0.15) is 5.60 Å². The lowest BCUT2D eigenvalue weighted by Gasteiger charge is -2.23. The van der Waals surface area contributed by atoms with Crippen molar-refractivity contribution in [3.8, 4) is 0 Å². The van der Waals surface area contributed by atoms with Gasteiger partial charge in [-0.1, -0.05) is 50.1 Å². The average Bonchev–Trinajstić information content (AvgIpc) is 3.40. The smallest absolute Gasteiger partial charge is 0.307 e. The normalized spacial score (nSPS) is 15.8. The van der Waals surface area contributed by atoms with Gasteiger partial charge < -0.3 is 19.1 Å². The summed E-state index contributed by atoms with van der Waals surface area (Å²) in [5, 5.41) is 6.83. The number of nitrogens with one attached hydrogen (secondary N) is 1. The molecule has 1 aliphatic rings. The number of esters is 1. The Morgan fingerprint density at radius 1 is 1.26 bits per heavy atom. The van der Waals surface area contributed by atoms with Crippen LogP contribution in [-0.4, -0.2) is 37.2 Å². The van der Waals surface area contributed by atoms with E-state index in [1.54, 1.807) is 17.1 Å². The van der Waals surface area contributed by atoms with Gasteiger partial charge in [-0.15, -0.1) is 0 Å². The van der Waals surface area contributed by atoms with Gasteiger partial charge in [0.15, 0.2) is 5.82 Å². The van der Waals surface area contributed by atoms with E-state index in [4.69, 9.17) is 9.26 Å². The van der Waals surface area contributed by atoms with Gasteiger partial charge in [0, 0.05) is 19.2 Å². The summed E-state index contributed by atoms with van der Waals surface area (Å²) in [6.07, 6.45) is 13.4. The molecule has 2 heterocycles. The summed E-state index contributed by atoms with van der Waals surface area (Å²) in [5.41, 5.74) is 0.158. The van der Waals surface area contributed by atoms with Crippen LogP contribution >= 0.6 is 0 Å². The Morgan fingerprint density at radius 2 is 2.03 bits per heavy atom. The zero-order valence-corrected chi connectivity index (χ0v) is 21.0. The Morgan fingerprint density at radius 3 is 2.71 bits per heavy atom. The Bertz CT molecular complexity index is 924. The summed E-state index contributed by atoms with van der Waals surface area (Å²) in [4.78, 5) is 33.4. The molecule has 188 valence electrons. The number of imidazole rings is 1. The second-order valence-corrected chi connectivity index (χ2v) is 10.5. The summed E-state index contributed by atoms with van der Waals surface area (Å²) < 4.78 is 12.9. The van der Waals surface area contributed by atoms with E-state index >= 15 is 0 Å². The third kappa shape index (κ3) is 8.91. The fraction of sp³-hybridized carbons (Fsp3) is 0.720. The molecule has 1 saturated carbocycles. The molecular formula is C25H39N5O4. The molecule has 0 unspecified atom stereocenters. The SMILES string of the molecule is Cn1cnc(CC(=O)NCc2noc([C@H](CCCC3CCCCC3)CC(=O)OC(C)(C)C)n2)c1. The first-order valence-corrected chi connectivity index (χ1v) is 12.5. The second-order valence-electron chi connectivity index (χ2n) is 10.5. The van der Waals surface area contributed by atoms with Gasteiger partial charge in [0.25, 0.3) is 0 Å².